The Hall–Kier alpha value is -1.02. The van der Waals surface area contributed by atoms with Crippen molar-refractivity contribution in [1.82, 2.24) is 0 Å². The molecule has 3 saturated carbocycles. The van der Waals surface area contributed by atoms with Crippen LogP contribution >= 0.6 is 0 Å². The molecular formula is C30H48O2. The van der Waals surface area contributed by atoms with Crippen molar-refractivity contribution in [3.8, 4) is 5.75 Å². The normalized spacial score (nSPS) is 31.7. The molecule has 0 aliphatic heterocycles. The van der Waals surface area contributed by atoms with Gasteiger partial charge in [0.25, 0.3) is 0 Å². The van der Waals surface area contributed by atoms with E-state index in [0.29, 0.717) is 23.4 Å². The Morgan fingerprint density at radius 1 is 0.875 bits per heavy atom. The second kappa shape index (κ2) is 8.97. The molecule has 7 unspecified atom stereocenters. The molecule has 0 N–H and O–H groups in total. The van der Waals surface area contributed by atoms with Crippen LogP contribution in [0.15, 0.2) is 24.3 Å². The highest BCUT2D eigenvalue weighted by Gasteiger charge is 2.54. The number of fused-ring (bicyclic) bond motifs is 5. The molecule has 1 aromatic rings. The Bertz CT molecular complexity index is 751. The molecule has 0 aromatic heterocycles. The van der Waals surface area contributed by atoms with Gasteiger partial charge >= 0.3 is 0 Å². The van der Waals surface area contributed by atoms with Gasteiger partial charge in [0.05, 0.1) is 6.10 Å². The van der Waals surface area contributed by atoms with Crippen molar-refractivity contribution in [2.75, 3.05) is 0 Å². The molecule has 180 valence electrons. The summed E-state index contributed by atoms with van der Waals surface area (Å²) in [6.45, 7) is 18.6. The zero-order valence-electron chi connectivity index (χ0n) is 22.0. The minimum Gasteiger partial charge on any atom is -0.465 e. The lowest BCUT2D eigenvalue weighted by atomic mass is 9.69. The molecule has 32 heavy (non-hydrogen) atoms. The largest absolute Gasteiger partial charge is 0.465 e. The van der Waals surface area contributed by atoms with E-state index in [4.69, 9.17) is 9.47 Å². The summed E-state index contributed by atoms with van der Waals surface area (Å²) in [7, 11) is 0. The van der Waals surface area contributed by atoms with Crippen molar-refractivity contribution in [2.24, 2.45) is 40.4 Å². The van der Waals surface area contributed by atoms with Crippen molar-refractivity contribution in [2.45, 2.75) is 112 Å². The molecule has 3 aliphatic rings. The number of rotatable bonds is 7. The van der Waals surface area contributed by atoms with Crippen molar-refractivity contribution in [3.63, 3.8) is 0 Å². The van der Waals surface area contributed by atoms with Crippen LogP contribution in [0.3, 0.4) is 0 Å². The van der Waals surface area contributed by atoms with Crippen molar-refractivity contribution >= 4 is 0 Å². The molecule has 0 heterocycles. The van der Waals surface area contributed by atoms with Crippen LogP contribution in [-0.4, -0.2) is 12.4 Å². The second-order valence-electron chi connectivity index (χ2n) is 13.8. The minimum absolute atomic E-state index is 0.155. The Morgan fingerprint density at radius 3 is 2.12 bits per heavy atom. The third-order valence-electron chi connectivity index (χ3n) is 8.62. The topological polar surface area (TPSA) is 18.5 Å². The molecule has 0 radical (unpaired) electrons. The van der Waals surface area contributed by atoms with Gasteiger partial charge in [0, 0.05) is 5.92 Å². The predicted octanol–water partition coefficient (Wildman–Crippen LogP) is 8.45. The van der Waals surface area contributed by atoms with Crippen molar-refractivity contribution in [1.29, 1.82) is 0 Å². The van der Waals surface area contributed by atoms with Gasteiger partial charge in [0.1, 0.15) is 5.75 Å². The van der Waals surface area contributed by atoms with Crippen LogP contribution in [0.4, 0.5) is 0 Å². The van der Waals surface area contributed by atoms with Gasteiger partial charge in [-0.05, 0) is 90.2 Å². The first-order valence-corrected chi connectivity index (χ1v) is 13.3. The average Bonchev–Trinajstić information content (AvgIpc) is 3.38. The zero-order chi connectivity index (χ0) is 23.3. The maximum atomic E-state index is 6.69. The Kier molecular flexibility index (Phi) is 6.76. The summed E-state index contributed by atoms with van der Waals surface area (Å²) in [6, 6.07) is 8.91. The third kappa shape index (κ3) is 5.21. The van der Waals surface area contributed by atoms with Crippen LogP contribution in [0.1, 0.15) is 105 Å². The van der Waals surface area contributed by atoms with Gasteiger partial charge in [0.2, 0.25) is 6.29 Å². The van der Waals surface area contributed by atoms with Crippen LogP contribution in [0.5, 0.6) is 5.75 Å². The average molecular weight is 441 g/mol. The molecule has 2 bridgehead atoms. The van der Waals surface area contributed by atoms with Gasteiger partial charge in [-0.3, -0.25) is 0 Å². The summed E-state index contributed by atoms with van der Waals surface area (Å²) >= 11 is 0. The molecule has 0 saturated heterocycles. The molecule has 3 aliphatic carbocycles. The first-order chi connectivity index (χ1) is 14.9. The second-order valence-corrected chi connectivity index (χ2v) is 13.8. The lowest BCUT2D eigenvalue weighted by molar-refractivity contribution is -0.162. The fourth-order valence-electron chi connectivity index (χ4n) is 7.10. The highest BCUT2D eigenvalue weighted by Crippen LogP contribution is 2.59. The fourth-order valence-corrected chi connectivity index (χ4v) is 7.10. The van der Waals surface area contributed by atoms with Crippen LogP contribution in [0.2, 0.25) is 0 Å². The van der Waals surface area contributed by atoms with Crippen LogP contribution in [-0.2, 0) is 4.74 Å². The Labute approximate surface area is 197 Å². The van der Waals surface area contributed by atoms with Crippen molar-refractivity contribution < 1.29 is 9.47 Å². The third-order valence-corrected chi connectivity index (χ3v) is 8.62. The van der Waals surface area contributed by atoms with E-state index in [1.807, 2.05) is 0 Å². The molecule has 0 spiro atoms. The van der Waals surface area contributed by atoms with Gasteiger partial charge in [-0.25, -0.2) is 0 Å². The summed E-state index contributed by atoms with van der Waals surface area (Å²) in [6.07, 6.45) is 8.45. The smallest absolute Gasteiger partial charge is 0.202 e. The summed E-state index contributed by atoms with van der Waals surface area (Å²) in [4.78, 5) is 0. The van der Waals surface area contributed by atoms with E-state index in [0.717, 1.165) is 29.4 Å². The monoisotopic (exact) mass is 440 g/mol. The first-order valence-electron chi connectivity index (χ1n) is 13.3. The zero-order valence-corrected chi connectivity index (χ0v) is 22.0. The van der Waals surface area contributed by atoms with Crippen LogP contribution < -0.4 is 4.74 Å². The number of hydrogen-bond acceptors (Lipinski definition) is 2. The first kappa shape index (κ1) is 24.1. The maximum Gasteiger partial charge on any atom is 0.202 e. The van der Waals surface area contributed by atoms with E-state index in [-0.39, 0.29) is 11.7 Å². The molecule has 2 heteroatoms. The molecule has 7 atom stereocenters. The molecular weight excluding hydrogens is 392 g/mol. The highest BCUT2D eigenvalue weighted by molar-refractivity contribution is 5.30. The Morgan fingerprint density at radius 2 is 1.53 bits per heavy atom. The number of ether oxygens (including phenoxy) is 2. The molecule has 3 fully saturated rings. The summed E-state index contributed by atoms with van der Waals surface area (Å²) in [5, 5.41) is 0. The van der Waals surface area contributed by atoms with Gasteiger partial charge in [-0.1, -0.05) is 73.9 Å². The summed E-state index contributed by atoms with van der Waals surface area (Å²) in [5.41, 5.74) is 1.96. The Balaban J connectivity index is 1.42. The molecule has 0 amide bonds. The van der Waals surface area contributed by atoms with Crippen molar-refractivity contribution in [3.05, 3.63) is 29.8 Å². The maximum absolute atomic E-state index is 6.69. The highest BCUT2D eigenvalue weighted by atomic mass is 16.7. The molecule has 1 aromatic carbocycles. The standard InChI is InChI=1S/C30H48O2/c1-19(2)28(32-27-17-21-16-25(27)24-11-9-10-23(21)24)31-22-14-12-20(13-15-22)26(30(6,7)8)18-29(3,4)5/h12-15,19,21,23-28H,9-11,16-18H2,1-8H3. The lowest BCUT2D eigenvalue weighted by Gasteiger charge is -2.36. The fraction of sp³-hybridized carbons (Fsp3) is 0.800. The summed E-state index contributed by atoms with van der Waals surface area (Å²) in [5.74, 6) is 5.46. The molecule has 4 rings (SSSR count). The van der Waals surface area contributed by atoms with E-state index in [1.54, 1.807) is 0 Å². The number of benzene rings is 1. The van der Waals surface area contributed by atoms with E-state index < -0.39 is 0 Å². The predicted molar refractivity (Wildman–Crippen MR) is 134 cm³/mol. The van der Waals surface area contributed by atoms with Gasteiger partial charge in [-0.2, -0.15) is 0 Å². The van der Waals surface area contributed by atoms with Gasteiger partial charge in [0.15, 0.2) is 0 Å². The lowest BCUT2D eigenvalue weighted by Crippen LogP contribution is -2.37. The van der Waals surface area contributed by atoms with E-state index in [9.17, 15) is 0 Å². The summed E-state index contributed by atoms with van der Waals surface area (Å²) < 4.78 is 13.2. The van der Waals surface area contributed by atoms with Crippen LogP contribution in [0, 0.1) is 40.4 Å². The number of hydrogen-bond donors (Lipinski definition) is 0. The quantitative estimate of drug-likeness (QED) is 0.396. The van der Waals surface area contributed by atoms with E-state index in [2.05, 4.69) is 79.7 Å². The SMILES string of the molecule is CC(C)C(Oc1ccc(C(CC(C)(C)C)C(C)(C)C)cc1)OC1CC2CC1C1CCCC21. The molecule has 2 nitrogen and oxygen atoms in total. The minimum atomic E-state index is -0.155. The van der Waals surface area contributed by atoms with E-state index in [1.165, 1.54) is 44.1 Å². The van der Waals surface area contributed by atoms with Crippen LogP contribution in [0.25, 0.3) is 0 Å². The van der Waals surface area contributed by atoms with Gasteiger partial charge in [-0.15, -0.1) is 0 Å². The van der Waals surface area contributed by atoms with E-state index >= 15 is 0 Å². The van der Waals surface area contributed by atoms with Gasteiger partial charge < -0.3 is 9.47 Å².